The van der Waals surface area contributed by atoms with E-state index >= 15 is 0 Å². The van der Waals surface area contributed by atoms with E-state index in [1.165, 1.54) is 10.5 Å². The van der Waals surface area contributed by atoms with Crippen LogP contribution in [0, 0.1) is 0 Å². The van der Waals surface area contributed by atoms with Crippen LogP contribution in [0.15, 0.2) is 34.2 Å². The first-order valence-corrected chi connectivity index (χ1v) is 8.55. The van der Waals surface area contributed by atoms with Gasteiger partial charge in [0.1, 0.15) is 0 Å². The van der Waals surface area contributed by atoms with Gasteiger partial charge in [0.15, 0.2) is 5.96 Å². The fourth-order valence-electron chi connectivity index (χ4n) is 1.94. The third-order valence-electron chi connectivity index (χ3n) is 3.04. The molecule has 0 spiro atoms. The first kappa shape index (κ1) is 21.5. The first-order valence-electron chi connectivity index (χ1n) is 7.32. The lowest BCUT2D eigenvalue weighted by molar-refractivity contribution is 0.197. The van der Waals surface area contributed by atoms with Crippen molar-refractivity contribution in [3.05, 3.63) is 29.8 Å². The standard InChI is InChI=1S/C16H27N3OS.HI/c1-5-17-16(18-11-6-12-20-3)19(2)13-14-7-9-15(21-4)10-8-14;/h7-10H,5-6,11-13H2,1-4H3,(H,17,18);1H. The van der Waals surface area contributed by atoms with Gasteiger partial charge in [0.2, 0.25) is 0 Å². The molecule has 0 bridgehead atoms. The molecule has 0 saturated carbocycles. The van der Waals surface area contributed by atoms with E-state index in [4.69, 9.17) is 4.74 Å². The molecule has 4 nitrogen and oxygen atoms in total. The molecule has 0 atom stereocenters. The molecule has 0 fully saturated rings. The van der Waals surface area contributed by atoms with Gasteiger partial charge in [-0.1, -0.05) is 12.1 Å². The molecule has 0 aliphatic rings. The summed E-state index contributed by atoms with van der Waals surface area (Å²) >= 11 is 1.77. The van der Waals surface area contributed by atoms with Crippen molar-refractivity contribution >= 4 is 41.7 Å². The minimum atomic E-state index is 0. The maximum absolute atomic E-state index is 5.06. The Balaban J connectivity index is 0.00000441. The van der Waals surface area contributed by atoms with Crippen molar-refractivity contribution in [3.63, 3.8) is 0 Å². The maximum Gasteiger partial charge on any atom is 0.193 e. The Hall–Kier alpha value is -0.470. The number of hydrogen-bond donors (Lipinski definition) is 1. The number of nitrogens with one attached hydrogen (secondary N) is 1. The number of aliphatic imine (C=N–C) groups is 1. The Morgan fingerprint density at radius 3 is 2.55 bits per heavy atom. The van der Waals surface area contributed by atoms with E-state index in [1.54, 1.807) is 18.9 Å². The number of benzene rings is 1. The van der Waals surface area contributed by atoms with Crippen molar-refractivity contribution in [1.29, 1.82) is 0 Å². The van der Waals surface area contributed by atoms with Crippen LogP contribution < -0.4 is 5.32 Å². The van der Waals surface area contributed by atoms with E-state index in [0.29, 0.717) is 0 Å². The summed E-state index contributed by atoms with van der Waals surface area (Å²) in [5.41, 5.74) is 1.29. The second-order valence-corrected chi connectivity index (χ2v) is 5.67. The molecule has 6 heteroatoms. The number of guanidine groups is 1. The molecule has 0 aliphatic heterocycles. The zero-order valence-electron chi connectivity index (χ0n) is 14.0. The fraction of sp³-hybridized carbons (Fsp3) is 0.562. The van der Waals surface area contributed by atoms with E-state index in [-0.39, 0.29) is 24.0 Å². The molecule has 0 saturated heterocycles. The summed E-state index contributed by atoms with van der Waals surface area (Å²) in [5, 5.41) is 3.33. The van der Waals surface area contributed by atoms with E-state index in [1.807, 2.05) is 0 Å². The Labute approximate surface area is 156 Å². The highest BCUT2D eigenvalue weighted by Gasteiger charge is 2.06. The molecule has 0 aliphatic carbocycles. The van der Waals surface area contributed by atoms with Crippen LogP contribution in [-0.2, 0) is 11.3 Å². The van der Waals surface area contributed by atoms with E-state index < -0.39 is 0 Å². The van der Waals surface area contributed by atoms with E-state index in [2.05, 4.69) is 59.7 Å². The monoisotopic (exact) mass is 437 g/mol. The van der Waals surface area contributed by atoms with Gasteiger partial charge in [-0.2, -0.15) is 0 Å². The number of hydrogen-bond acceptors (Lipinski definition) is 3. The number of methoxy groups -OCH3 is 1. The van der Waals surface area contributed by atoms with E-state index in [9.17, 15) is 0 Å². The second-order valence-electron chi connectivity index (χ2n) is 4.79. The van der Waals surface area contributed by atoms with Crippen molar-refractivity contribution in [1.82, 2.24) is 10.2 Å². The Bertz CT molecular complexity index is 426. The molecule has 0 amide bonds. The zero-order chi connectivity index (χ0) is 15.5. The molecule has 126 valence electrons. The molecule has 0 unspecified atom stereocenters. The molecule has 1 N–H and O–H groups in total. The highest BCUT2D eigenvalue weighted by Crippen LogP contribution is 2.15. The van der Waals surface area contributed by atoms with Crippen LogP contribution in [0.1, 0.15) is 18.9 Å². The first-order chi connectivity index (χ1) is 10.2. The fourth-order valence-corrected chi connectivity index (χ4v) is 2.35. The van der Waals surface area contributed by atoms with Gasteiger partial charge in [-0.25, -0.2) is 0 Å². The Morgan fingerprint density at radius 1 is 1.32 bits per heavy atom. The predicted molar refractivity (Wildman–Crippen MR) is 108 cm³/mol. The van der Waals surface area contributed by atoms with Crippen molar-refractivity contribution in [2.75, 3.05) is 40.1 Å². The number of thioether (sulfide) groups is 1. The highest BCUT2D eigenvalue weighted by molar-refractivity contribution is 14.0. The molecule has 22 heavy (non-hydrogen) atoms. The van der Waals surface area contributed by atoms with Crippen molar-refractivity contribution in [3.8, 4) is 0 Å². The average Bonchev–Trinajstić information content (AvgIpc) is 2.51. The van der Waals surface area contributed by atoms with Crippen molar-refractivity contribution < 1.29 is 4.74 Å². The zero-order valence-corrected chi connectivity index (χ0v) is 17.1. The van der Waals surface area contributed by atoms with Crippen LogP contribution in [0.2, 0.25) is 0 Å². The average molecular weight is 437 g/mol. The normalized spacial score (nSPS) is 11.0. The topological polar surface area (TPSA) is 36.9 Å². The molecule has 0 heterocycles. The number of nitrogens with zero attached hydrogens (tertiary/aromatic N) is 2. The minimum Gasteiger partial charge on any atom is -0.385 e. The Kier molecular flexibility index (Phi) is 12.7. The molecule has 1 aromatic carbocycles. The SMILES string of the molecule is CCNC(=NCCCOC)N(C)Cc1ccc(SC)cc1.I. The number of ether oxygens (including phenoxy) is 1. The van der Waals surface area contributed by atoms with Gasteiger partial charge >= 0.3 is 0 Å². The van der Waals surface area contributed by atoms with Crippen LogP contribution in [0.3, 0.4) is 0 Å². The van der Waals surface area contributed by atoms with E-state index in [0.717, 1.165) is 38.6 Å². The largest absolute Gasteiger partial charge is 0.385 e. The summed E-state index contributed by atoms with van der Waals surface area (Å²) in [5.74, 6) is 0.947. The quantitative estimate of drug-likeness (QED) is 0.222. The summed E-state index contributed by atoms with van der Waals surface area (Å²) in [4.78, 5) is 8.08. The predicted octanol–water partition coefficient (Wildman–Crippen LogP) is 3.46. The van der Waals surface area contributed by atoms with Crippen molar-refractivity contribution in [2.24, 2.45) is 4.99 Å². The van der Waals surface area contributed by atoms with Crippen LogP contribution in [0.25, 0.3) is 0 Å². The molecule has 0 aromatic heterocycles. The lowest BCUT2D eigenvalue weighted by Crippen LogP contribution is -2.38. The molecule has 1 rings (SSSR count). The summed E-state index contributed by atoms with van der Waals surface area (Å²) < 4.78 is 5.06. The molecule has 0 radical (unpaired) electrons. The van der Waals surface area contributed by atoms with Gasteiger partial charge in [0.25, 0.3) is 0 Å². The number of rotatable bonds is 8. The summed E-state index contributed by atoms with van der Waals surface area (Å²) in [6, 6.07) is 8.68. The van der Waals surface area contributed by atoms with Crippen LogP contribution in [-0.4, -0.2) is 51.0 Å². The van der Waals surface area contributed by atoms with Gasteiger partial charge in [-0.05, 0) is 37.3 Å². The third kappa shape index (κ3) is 8.24. The Morgan fingerprint density at radius 2 is 2.00 bits per heavy atom. The van der Waals surface area contributed by atoms with Crippen molar-refractivity contribution in [2.45, 2.75) is 24.8 Å². The van der Waals surface area contributed by atoms with Gasteiger partial charge in [-0.15, -0.1) is 35.7 Å². The van der Waals surface area contributed by atoms with Crippen LogP contribution in [0.5, 0.6) is 0 Å². The molecule has 1 aromatic rings. The van der Waals surface area contributed by atoms with Gasteiger partial charge in [0.05, 0.1) is 0 Å². The highest BCUT2D eigenvalue weighted by atomic mass is 127. The number of halogens is 1. The smallest absolute Gasteiger partial charge is 0.193 e. The second kappa shape index (κ2) is 13.0. The lowest BCUT2D eigenvalue weighted by atomic mass is 10.2. The summed E-state index contributed by atoms with van der Waals surface area (Å²) in [6.07, 6.45) is 3.04. The summed E-state index contributed by atoms with van der Waals surface area (Å²) in [7, 11) is 3.79. The molecular weight excluding hydrogens is 409 g/mol. The maximum atomic E-state index is 5.06. The van der Waals surface area contributed by atoms with Crippen LogP contribution in [0.4, 0.5) is 0 Å². The van der Waals surface area contributed by atoms with Crippen LogP contribution >= 0.6 is 35.7 Å². The summed E-state index contributed by atoms with van der Waals surface area (Å²) in [6.45, 7) is 5.35. The minimum absolute atomic E-state index is 0. The van der Waals surface area contributed by atoms with Gasteiger partial charge in [0, 0.05) is 45.3 Å². The third-order valence-corrected chi connectivity index (χ3v) is 3.79. The van der Waals surface area contributed by atoms with Gasteiger partial charge < -0.3 is 15.0 Å². The van der Waals surface area contributed by atoms with Gasteiger partial charge in [-0.3, -0.25) is 4.99 Å². The molecular formula is C16H28IN3OS. The lowest BCUT2D eigenvalue weighted by Gasteiger charge is -2.22.